The predicted octanol–water partition coefficient (Wildman–Crippen LogP) is -2.01. The molecule has 0 aliphatic heterocycles. The molecular formula is CH7CoNa2O7P. The van der Waals surface area contributed by atoms with Crippen molar-refractivity contribution in [3.05, 3.63) is 0 Å². The second-order valence-corrected chi connectivity index (χ2v) is 1.82. The van der Waals surface area contributed by atoms with E-state index in [1.807, 2.05) is 0 Å². The van der Waals surface area contributed by atoms with Gasteiger partial charge in [0.25, 0.3) is 0 Å². The fraction of sp³-hybridized carbons (Fsp3) is 0. The summed E-state index contributed by atoms with van der Waals surface area (Å²) < 4.78 is 8.88. The average Bonchev–Trinajstić information content (AvgIpc) is 1.19. The summed E-state index contributed by atoms with van der Waals surface area (Å²) in [5.74, 6) is 0. The van der Waals surface area contributed by atoms with Crippen LogP contribution >= 0.6 is 7.82 Å². The number of carboxylic acid groups (broad SMARTS) is 2. The minimum absolute atomic E-state index is 0. The monoisotopic (exact) mass is 267 g/mol. The fourth-order valence-electron chi connectivity index (χ4n) is 0. The molecule has 5 N–H and O–H groups in total. The van der Waals surface area contributed by atoms with E-state index in [-0.39, 0.29) is 75.9 Å². The molecule has 0 aromatic carbocycles. The van der Waals surface area contributed by atoms with Crippen LogP contribution in [0, 0.1) is 0 Å². The molecule has 7 nitrogen and oxygen atoms in total. The van der Waals surface area contributed by atoms with Gasteiger partial charge in [-0.25, -0.2) is 9.36 Å². The first-order valence-electron chi connectivity index (χ1n) is 1.43. The van der Waals surface area contributed by atoms with Crippen LogP contribution in [0.15, 0.2) is 0 Å². The molecular weight excluding hydrogens is 260 g/mol. The van der Waals surface area contributed by atoms with Crippen molar-refractivity contribution in [3.8, 4) is 0 Å². The summed E-state index contributed by atoms with van der Waals surface area (Å²) in [7, 11) is -4.64. The molecule has 12 heavy (non-hydrogen) atoms. The number of rotatable bonds is 0. The summed E-state index contributed by atoms with van der Waals surface area (Å²) in [6, 6.07) is 0. The first kappa shape index (κ1) is 29.2. The van der Waals surface area contributed by atoms with Gasteiger partial charge in [0.15, 0.2) is 0 Å². The molecule has 0 spiro atoms. The summed E-state index contributed by atoms with van der Waals surface area (Å²) in [5.41, 5.74) is 0. The Labute approximate surface area is 123 Å². The second-order valence-electron chi connectivity index (χ2n) is 0.796. The Balaban J connectivity index is -0.0000000221. The zero-order valence-electron chi connectivity index (χ0n) is 4.33. The van der Waals surface area contributed by atoms with Gasteiger partial charge in [-0.3, -0.25) is 0 Å². The normalized spacial score (nSPS) is 6.92. The topological polar surface area (TPSA) is 135 Å². The maximum absolute atomic E-state index is 8.88. The maximum atomic E-state index is 8.88. The molecule has 0 saturated carbocycles. The molecule has 0 fully saturated rings. The Kier molecular flexibility index (Phi) is 37.4. The van der Waals surface area contributed by atoms with E-state index in [0.29, 0.717) is 0 Å². The molecule has 0 aliphatic rings. The van der Waals surface area contributed by atoms with Crippen LogP contribution in [0.3, 0.4) is 0 Å². The van der Waals surface area contributed by atoms with Gasteiger partial charge in [-0.1, -0.05) is 0 Å². The SMILES string of the molecule is O=C(O)O.O=P(O)(O)O.[Co].[NaH].[NaH]. The molecule has 0 saturated heterocycles. The van der Waals surface area contributed by atoms with Crippen LogP contribution in [0.4, 0.5) is 4.79 Å². The van der Waals surface area contributed by atoms with E-state index in [1.54, 1.807) is 0 Å². The molecule has 0 aromatic rings. The van der Waals surface area contributed by atoms with Crippen molar-refractivity contribution >= 4 is 73.1 Å². The van der Waals surface area contributed by atoms with Gasteiger partial charge in [0.05, 0.1) is 0 Å². The Morgan fingerprint density at radius 1 is 1.00 bits per heavy atom. The van der Waals surface area contributed by atoms with E-state index < -0.39 is 14.0 Å². The molecule has 0 heterocycles. The van der Waals surface area contributed by atoms with Crippen molar-refractivity contribution in [2.45, 2.75) is 0 Å². The Bertz CT molecular complexity index is 121. The van der Waals surface area contributed by atoms with Crippen molar-refractivity contribution in [3.63, 3.8) is 0 Å². The quantitative estimate of drug-likeness (QED) is 0.253. The zero-order valence-corrected chi connectivity index (χ0v) is 6.27. The van der Waals surface area contributed by atoms with Gasteiger partial charge in [0.2, 0.25) is 0 Å². The van der Waals surface area contributed by atoms with Crippen molar-refractivity contribution in [1.82, 2.24) is 0 Å². The molecule has 0 unspecified atom stereocenters. The number of hydrogen-bond donors (Lipinski definition) is 5. The number of carbonyl (C=O) groups is 1. The van der Waals surface area contributed by atoms with Crippen LogP contribution in [0.25, 0.3) is 0 Å². The van der Waals surface area contributed by atoms with Crippen molar-refractivity contribution in [2.75, 3.05) is 0 Å². The van der Waals surface area contributed by atoms with E-state index in [1.165, 1.54) is 0 Å². The van der Waals surface area contributed by atoms with Crippen LogP contribution in [0.2, 0.25) is 0 Å². The molecule has 0 bridgehead atoms. The van der Waals surface area contributed by atoms with Gasteiger partial charge in [-0.05, 0) is 0 Å². The summed E-state index contributed by atoms with van der Waals surface area (Å²) in [4.78, 5) is 30.1. The van der Waals surface area contributed by atoms with E-state index >= 15 is 0 Å². The zero-order chi connectivity index (χ0) is 8.08. The van der Waals surface area contributed by atoms with Gasteiger partial charge in [-0.2, -0.15) is 0 Å². The van der Waals surface area contributed by atoms with Crippen LogP contribution in [-0.4, -0.2) is 90.2 Å². The summed E-state index contributed by atoms with van der Waals surface area (Å²) in [6.45, 7) is 0. The van der Waals surface area contributed by atoms with E-state index in [4.69, 9.17) is 34.3 Å². The molecule has 0 aromatic heterocycles. The first-order valence-corrected chi connectivity index (χ1v) is 3.00. The molecule has 1 radical (unpaired) electrons. The predicted molar refractivity (Wildman–Crippen MR) is 39.2 cm³/mol. The molecule has 0 atom stereocenters. The van der Waals surface area contributed by atoms with Crippen LogP contribution in [0.1, 0.15) is 0 Å². The third kappa shape index (κ3) is 396. The Morgan fingerprint density at radius 2 is 1.00 bits per heavy atom. The van der Waals surface area contributed by atoms with Crippen LogP contribution in [-0.2, 0) is 21.3 Å². The third-order valence-electron chi connectivity index (χ3n) is 0. The van der Waals surface area contributed by atoms with Gasteiger partial charge < -0.3 is 24.9 Å². The third-order valence-corrected chi connectivity index (χ3v) is 0. The van der Waals surface area contributed by atoms with E-state index in [0.717, 1.165) is 0 Å². The molecule has 0 rings (SSSR count). The van der Waals surface area contributed by atoms with E-state index in [2.05, 4.69) is 0 Å². The Hall–Kier alpha value is 1.89. The minimum atomic E-state index is -4.64. The molecule has 0 amide bonds. The summed E-state index contributed by atoms with van der Waals surface area (Å²) in [5, 5.41) is 13.9. The summed E-state index contributed by atoms with van der Waals surface area (Å²) in [6.07, 6.45) is -1.83. The van der Waals surface area contributed by atoms with Crippen LogP contribution < -0.4 is 0 Å². The van der Waals surface area contributed by atoms with Crippen LogP contribution in [0.5, 0.6) is 0 Å². The van der Waals surface area contributed by atoms with E-state index in [9.17, 15) is 0 Å². The van der Waals surface area contributed by atoms with Gasteiger partial charge in [0.1, 0.15) is 0 Å². The summed E-state index contributed by atoms with van der Waals surface area (Å²) >= 11 is 0. The molecule has 11 heteroatoms. The van der Waals surface area contributed by atoms with Crippen molar-refractivity contribution in [1.29, 1.82) is 0 Å². The molecule has 69 valence electrons. The van der Waals surface area contributed by atoms with Gasteiger partial charge in [0, 0.05) is 16.8 Å². The van der Waals surface area contributed by atoms with Gasteiger partial charge >= 0.3 is 73.1 Å². The Morgan fingerprint density at radius 3 is 1.00 bits per heavy atom. The number of phosphoric acid groups is 1. The van der Waals surface area contributed by atoms with Gasteiger partial charge in [-0.15, -0.1) is 0 Å². The average molecular weight is 267 g/mol. The van der Waals surface area contributed by atoms with Crippen molar-refractivity contribution < 1.29 is 51.0 Å². The molecule has 0 aliphatic carbocycles. The number of hydrogen-bond acceptors (Lipinski definition) is 2. The first-order chi connectivity index (χ1) is 3.73. The standard InChI is InChI=1S/CH2O3.Co.2Na.H3O4P.2H/c2-1(3)4;;;;1-5(2,3)4;;/h(H2,2,3,4);;;;(H3,1,2,3,4);;. The fourth-order valence-corrected chi connectivity index (χ4v) is 0. The second kappa shape index (κ2) is 15.4. The van der Waals surface area contributed by atoms with Crippen molar-refractivity contribution in [2.24, 2.45) is 0 Å².